The molecule has 5 nitrogen and oxygen atoms in total. The van der Waals surface area contributed by atoms with Crippen molar-refractivity contribution in [2.45, 2.75) is 26.3 Å². The van der Waals surface area contributed by atoms with E-state index in [2.05, 4.69) is 15.5 Å². The van der Waals surface area contributed by atoms with Crippen LogP contribution in [0.25, 0.3) is 0 Å². The lowest BCUT2D eigenvalue weighted by Gasteiger charge is -2.05. The van der Waals surface area contributed by atoms with Gasteiger partial charge in [-0.15, -0.1) is 0 Å². The molecule has 5 heteroatoms. The van der Waals surface area contributed by atoms with Gasteiger partial charge in [-0.2, -0.15) is 5.10 Å². The maximum absolute atomic E-state index is 10.7. The molecule has 2 aromatic rings. The number of aromatic nitrogens is 2. The molecule has 0 spiro atoms. The topological polar surface area (TPSA) is 78.0 Å². The fraction of sp³-hybridized carbons (Fsp3) is 0.333. The van der Waals surface area contributed by atoms with Crippen LogP contribution in [0.15, 0.2) is 30.5 Å². The molecule has 1 heterocycles. The van der Waals surface area contributed by atoms with Crippen molar-refractivity contribution < 1.29 is 9.90 Å². The highest BCUT2D eigenvalue weighted by molar-refractivity contribution is 5.87. The fourth-order valence-corrected chi connectivity index (χ4v) is 2.03. The molecule has 0 saturated carbocycles. The molecule has 1 aromatic heterocycles. The highest BCUT2D eigenvalue weighted by Crippen LogP contribution is 2.06. The van der Waals surface area contributed by atoms with Gasteiger partial charge in [0.05, 0.1) is 11.8 Å². The zero-order chi connectivity index (χ0) is 14.4. The van der Waals surface area contributed by atoms with Crippen LogP contribution < -0.4 is 5.32 Å². The van der Waals surface area contributed by atoms with E-state index < -0.39 is 5.97 Å². The van der Waals surface area contributed by atoms with Crippen LogP contribution in [-0.2, 0) is 13.0 Å². The number of H-pyrrole nitrogens is 1. The monoisotopic (exact) mass is 273 g/mol. The summed E-state index contributed by atoms with van der Waals surface area (Å²) in [7, 11) is 0. The molecule has 2 rings (SSSR count). The summed E-state index contributed by atoms with van der Waals surface area (Å²) >= 11 is 0. The quantitative estimate of drug-likeness (QED) is 0.675. The third-order valence-electron chi connectivity index (χ3n) is 3.26. The van der Waals surface area contributed by atoms with Crippen molar-refractivity contribution in [1.82, 2.24) is 15.5 Å². The molecule has 0 saturated heterocycles. The minimum atomic E-state index is -0.889. The van der Waals surface area contributed by atoms with Crippen LogP contribution in [0.2, 0.25) is 0 Å². The first-order valence-corrected chi connectivity index (χ1v) is 6.68. The van der Waals surface area contributed by atoms with Gasteiger partial charge in [-0.3, -0.25) is 5.10 Å². The minimum absolute atomic E-state index is 0.323. The Kier molecular flexibility index (Phi) is 4.90. The number of nitrogens with zero attached hydrogens (tertiary/aromatic N) is 1. The molecule has 106 valence electrons. The van der Waals surface area contributed by atoms with Gasteiger partial charge in [0.25, 0.3) is 0 Å². The standard InChI is InChI=1S/C15H19N3O2/c1-11-14(10-17-18-11)3-2-8-16-9-12-4-6-13(7-5-12)15(19)20/h4-7,10,16H,2-3,8-9H2,1H3,(H,17,18)(H,19,20). The Morgan fingerprint density at radius 3 is 2.70 bits per heavy atom. The predicted octanol–water partition coefficient (Wildman–Crippen LogP) is 2.14. The Hall–Kier alpha value is -2.14. The largest absolute Gasteiger partial charge is 0.478 e. The van der Waals surface area contributed by atoms with E-state index in [4.69, 9.17) is 5.11 Å². The minimum Gasteiger partial charge on any atom is -0.478 e. The molecule has 0 aliphatic rings. The summed E-state index contributed by atoms with van der Waals surface area (Å²) in [6.07, 6.45) is 3.93. The second-order valence-corrected chi connectivity index (χ2v) is 4.80. The third-order valence-corrected chi connectivity index (χ3v) is 3.26. The lowest BCUT2D eigenvalue weighted by atomic mass is 10.1. The van der Waals surface area contributed by atoms with Crippen LogP contribution in [0.4, 0.5) is 0 Å². The zero-order valence-electron chi connectivity index (χ0n) is 11.5. The molecule has 0 fully saturated rings. The number of hydrogen-bond donors (Lipinski definition) is 3. The van der Waals surface area contributed by atoms with Gasteiger partial charge in [0, 0.05) is 12.2 Å². The van der Waals surface area contributed by atoms with Crippen molar-refractivity contribution in [3.8, 4) is 0 Å². The van der Waals surface area contributed by atoms with Crippen molar-refractivity contribution in [2.24, 2.45) is 0 Å². The number of carbonyl (C=O) groups is 1. The molecular weight excluding hydrogens is 254 g/mol. The molecule has 0 amide bonds. The molecule has 0 unspecified atom stereocenters. The number of nitrogens with one attached hydrogen (secondary N) is 2. The first-order chi connectivity index (χ1) is 9.66. The van der Waals surface area contributed by atoms with Gasteiger partial charge in [0.2, 0.25) is 0 Å². The molecule has 0 bridgehead atoms. The van der Waals surface area contributed by atoms with E-state index in [1.165, 1.54) is 5.56 Å². The second-order valence-electron chi connectivity index (χ2n) is 4.80. The molecule has 0 aliphatic carbocycles. The summed E-state index contributed by atoms with van der Waals surface area (Å²) in [5, 5.41) is 19.1. The highest BCUT2D eigenvalue weighted by Gasteiger charge is 2.02. The Bertz CT molecular complexity index is 561. The summed E-state index contributed by atoms with van der Waals surface area (Å²) in [6, 6.07) is 6.95. The van der Waals surface area contributed by atoms with Crippen molar-refractivity contribution in [1.29, 1.82) is 0 Å². The maximum atomic E-state index is 10.7. The Morgan fingerprint density at radius 1 is 1.35 bits per heavy atom. The zero-order valence-corrected chi connectivity index (χ0v) is 11.5. The summed E-state index contributed by atoms with van der Waals surface area (Å²) in [6.45, 7) is 3.70. The third kappa shape index (κ3) is 3.93. The molecule has 0 radical (unpaired) electrons. The van der Waals surface area contributed by atoms with Gasteiger partial charge in [0.15, 0.2) is 0 Å². The Labute approximate surface area is 118 Å². The highest BCUT2D eigenvalue weighted by atomic mass is 16.4. The molecular formula is C15H19N3O2. The van der Waals surface area contributed by atoms with Gasteiger partial charge in [-0.05, 0) is 49.6 Å². The molecule has 0 atom stereocenters. The molecule has 3 N–H and O–H groups in total. The van der Waals surface area contributed by atoms with Gasteiger partial charge in [0.1, 0.15) is 0 Å². The molecule has 0 aliphatic heterocycles. The Balaban J connectivity index is 1.68. The van der Waals surface area contributed by atoms with E-state index in [9.17, 15) is 4.79 Å². The number of rotatable bonds is 7. The maximum Gasteiger partial charge on any atom is 0.335 e. The number of hydrogen-bond acceptors (Lipinski definition) is 3. The van der Waals surface area contributed by atoms with Crippen molar-refractivity contribution >= 4 is 5.97 Å². The average Bonchev–Trinajstić information content (AvgIpc) is 2.84. The van der Waals surface area contributed by atoms with Crippen LogP contribution in [0.5, 0.6) is 0 Å². The molecule has 1 aromatic carbocycles. The summed E-state index contributed by atoms with van der Waals surface area (Å²) in [4.78, 5) is 10.7. The van der Waals surface area contributed by atoms with Gasteiger partial charge in [-0.1, -0.05) is 12.1 Å². The number of aromatic carboxylic acids is 1. The van der Waals surface area contributed by atoms with E-state index in [1.54, 1.807) is 12.1 Å². The van der Waals surface area contributed by atoms with Crippen molar-refractivity contribution in [3.63, 3.8) is 0 Å². The van der Waals surface area contributed by atoms with E-state index >= 15 is 0 Å². The normalized spacial score (nSPS) is 10.7. The fourth-order valence-electron chi connectivity index (χ4n) is 2.03. The number of carboxylic acid groups (broad SMARTS) is 1. The van der Waals surface area contributed by atoms with Gasteiger partial charge < -0.3 is 10.4 Å². The van der Waals surface area contributed by atoms with Crippen LogP contribution in [0, 0.1) is 6.92 Å². The second kappa shape index (κ2) is 6.86. The van der Waals surface area contributed by atoms with Crippen LogP contribution in [-0.4, -0.2) is 27.8 Å². The lowest BCUT2D eigenvalue weighted by Crippen LogP contribution is -2.15. The number of aryl methyl sites for hydroxylation is 2. The summed E-state index contributed by atoms with van der Waals surface area (Å²) in [5.41, 5.74) is 3.81. The van der Waals surface area contributed by atoms with E-state index in [1.807, 2.05) is 25.3 Å². The lowest BCUT2D eigenvalue weighted by molar-refractivity contribution is 0.0697. The summed E-state index contributed by atoms with van der Waals surface area (Å²) < 4.78 is 0. The van der Waals surface area contributed by atoms with E-state index in [0.29, 0.717) is 5.56 Å². The predicted molar refractivity (Wildman–Crippen MR) is 76.8 cm³/mol. The van der Waals surface area contributed by atoms with Crippen LogP contribution in [0.1, 0.15) is 33.6 Å². The SMILES string of the molecule is Cc1[nH]ncc1CCCNCc1ccc(C(=O)O)cc1. The van der Waals surface area contributed by atoms with E-state index in [-0.39, 0.29) is 0 Å². The number of benzene rings is 1. The van der Waals surface area contributed by atoms with E-state index in [0.717, 1.165) is 37.2 Å². The van der Waals surface area contributed by atoms with Crippen molar-refractivity contribution in [3.05, 3.63) is 52.8 Å². The van der Waals surface area contributed by atoms with Crippen LogP contribution >= 0.6 is 0 Å². The Morgan fingerprint density at radius 2 is 2.10 bits per heavy atom. The summed E-state index contributed by atoms with van der Waals surface area (Å²) in [5.74, 6) is -0.889. The van der Waals surface area contributed by atoms with Crippen LogP contribution in [0.3, 0.4) is 0 Å². The first kappa shape index (κ1) is 14.3. The van der Waals surface area contributed by atoms with Gasteiger partial charge >= 0.3 is 5.97 Å². The van der Waals surface area contributed by atoms with Gasteiger partial charge in [-0.25, -0.2) is 4.79 Å². The smallest absolute Gasteiger partial charge is 0.335 e. The number of aromatic amines is 1. The molecule has 20 heavy (non-hydrogen) atoms. The number of carboxylic acids is 1. The van der Waals surface area contributed by atoms with Crippen molar-refractivity contribution in [2.75, 3.05) is 6.54 Å². The average molecular weight is 273 g/mol. The first-order valence-electron chi connectivity index (χ1n) is 6.68.